The van der Waals surface area contributed by atoms with Crippen molar-refractivity contribution in [2.75, 3.05) is 25.3 Å². The van der Waals surface area contributed by atoms with Gasteiger partial charge in [0.05, 0.1) is 11.9 Å². The average Bonchev–Trinajstić information content (AvgIpc) is 2.65. The Morgan fingerprint density at radius 1 is 1.56 bits per heavy atom. The maximum atomic E-state index is 11.4. The van der Waals surface area contributed by atoms with E-state index in [1.54, 1.807) is 20.3 Å². The third-order valence-electron chi connectivity index (χ3n) is 1.83. The first-order chi connectivity index (χ1) is 7.52. The zero-order chi connectivity index (χ0) is 12.1. The monoisotopic (exact) mass is 244 g/mol. The van der Waals surface area contributed by atoms with E-state index in [-0.39, 0.29) is 24.2 Å². The van der Waals surface area contributed by atoms with Crippen LogP contribution < -0.4 is 5.32 Å². The van der Waals surface area contributed by atoms with Gasteiger partial charge in [-0.15, -0.1) is 11.6 Å². The summed E-state index contributed by atoms with van der Waals surface area (Å²) < 4.78 is 1.45. The highest BCUT2D eigenvalue weighted by atomic mass is 35.5. The molecule has 0 radical (unpaired) electrons. The predicted octanol–water partition coefficient (Wildman–Crippen LogP) is 0.149. The topological polar surface area (TPSA) is 67.2 Å². The molecule has 0 atom stereocenters. The summed E-state index contributed by atoms with van der Waals surface area (Å²) in [5, 5.41) is 6.47. The maximum Gasteiger partial charge on any atom is 0.243 e. The number of rotatable bonds is 4. The Kier molecular flexibility index (Phi) is 4.30. The first kappa shape index (κ1) is 12.5. The number of hydrogen-bond donors (Lipinski definition) is 1. The molecule has 1 aromatic rings. The molecule has 6 nitrogen and oxygen atoms in total. The van der Waals surface area contributed by atoms with Crippen LogP contribution in [0.15, 0.2) is 12.4 Å². The molecule has 0 unspecified atom stereocenters. The van der Waals surface area contributed by atoms with E-state index in [0.717, 1.165) is 0 Å². The number of carbonyl (C=O) groups is 2. The largest absolute Gasteiger partial charge is 0.347 e. The number of halogens is 1. The molecule has 0 aromatic carbocycles. The van der Waals surface area contributed by atoms with Crippen LogP contribution in [0.1, 0.15) is 0 Å². The van der Waals surface area contributed by atoms with Crippen LogP contribution in [-0.2, 0) is 16.1 Å². The number of alkyl halides is 1. The zero-order valence-electron chi connectivity index (χ0n) is 9.11. The molecular weight excluding hydrogens is 232 g/mol. The second-order valence-corrected chi connectivity index (χ2v) is 3.66. The van der Waals surface area contributed by atoms with Crippen LogP contribution in [0, 0.1) is 0 Å². The minimum absolute atomic E-state index is 0.0710. The van der Waals surface area contributed by atoms with Crippen molar-refractivity contribution in [1.29, 1.82) is 0 Å². The third kappa shape index (κ3) is 3.54. The molecule has 0 saturated heterocycles. The second-order valence-electron chi connectivity index (χ2n) is 3.40. The van der Waals surface area contributed by atoms with Crippen molar-refractivity contribution in [3.05, 3.63) is 12.4 Å². The van der Waals surface area contributed by atoms with Crippen molar-refractivity contribution in [2.24, 2.45) is 0 Å². The summed E-state index contributed by atoms with van der Waals surface area (Å²) in [7, 11) is 3.34. The maximum absolute atomic E-state index is 11.4. The molecule has 0 aliphatic heterocycles. The Labute approximate surface area is 98.2 Å². The molecule has 7 heteroatoms. The summed E-state index contributed by atoms with van der Waals surface area (Å²) in [5.41, 5.74) is 0.525. The van der Waals surface area contributed by atoms with Crippen molar-refractivity contribution in [3.63, 3.8) is 0 Å². The number of aromatic nitrogens is 2. The van der Waals surface area contributed by atoms with Gasteiger partial charge in [-0.3, -0.25) is 14.3 Å². The highest BCUT2D eigenvalue weighted by Gasteiger charge is 2.07. The number of nitrogens with one attached hydrogen (secondary N) is 1. The Hall–Kier alpha value is -1.56. The van der Waals surface area contributed by atoms with Gasteiger partial charge in [-0.25, -0.2) is 0 Å². The van der Waals surface area contributed by atoms with Gasteiger partial charge in [0.25, 0.3) is 0 Å². The molecule has 88 valence electrons. The molecule has 0 aliphatic rings. The van der Waals surface area contributed by atoms with E-state index in [9.17, 15) is 9.59 Å². The normalized spacial score (nSPS) is 9.94. The first-order valence-electron chi connectivity index (χ1n) is 4.61. The molecule has 2 amide bonds. The quantitative estimate of drug-likeness (QED) is 0.767. The van der Waals surface area contributed by atoms with E-state index in [1.807, 2.05) is 0 Å². The Balaban J connectivity index is 2.58. The molecule has 0 aliphatic carbocycles. The van der Waals surface area contributed by atoms with Gasteiger partial charge in [0.1, 0.15) is 12.4 Å². The van der Waals surface area contributed by atoms with Crippen LogP contribution in [0.25, 0.3) is 0 Å². The number of hydrogen-bond acceptors (Lipinski definition) is 3. The van der Waals surface area contributed by atoms with Crippen LogP contribution in [0.2, 0.25) is 0 Å². The van der Waals surface area contributed by atoms with Crippen molar-refractivity contribution in [2.45, 2.75) is 6.54 Å². The number of amides is 2. The number of anilines is 1. The molecule has 16 heavy (non-hydrogen) atoms. The second kappa shape index (κ2) is 5.50. The zero-order valence-corrected chi connectivity index (χ0v) is 9.86. The van der Waals surface area contributed by atoms with E-state index in [0.29, 0.717) is 5.69 Å². The van der Waals surface area contributed by atoms with Crippen molar-refractivity contribution in [3.8, 4) is 0 Å². The summed E-state index contributed by atoms with van der Waals surface area (Å²) in [6.07, 6.45) is 3.04. The van der Waals surface area contributed by atoms with Gasteiger partial charge in [-0.1, -0.05) is 0 Å². The van der Waals surface area contributed by atoms with E-state index in [1.165, 1.54) is 15.8 Å². The van der Waals surface area contributed by atoms with E-state index < -0.39 is 0 Å². The molecular formula is C9H13ClN4O2. The fraction of sp³-hybridized carbons (Fsp3) is 0.444. The number of likely N-dealkylation sites (N-methyl/N-ethyl adjacent to an activating group) is 1. The highest BCUT2D eigenvalue weighted by molar-refractivity contribution is 6.29. The van der Waals surface area contributed by atoms with Crippen LogP contribution in [0.3, 0.4) is 0 Å². The Morgan fingerprint density at radius 2 is 2.25 bits per heavy atom. The summed E-state index contributed by atoms with van der Waals surface area (Å²) >= 11 is 5.33. The van der Waals surface area contributed by atoms with Crippen molar-refractivity contribution >= 4 is 29.1 Å². The number of carbonyl (C=O) groups excluding carboxylic acids is 2. The molecule has 0 bridgehead atoms. The standard InChI is InChI=1S/C9H13ClN4O2/c1-13(2)9(16)6-14-5-7(4-11-14)12-8(15)3-10/h4-5H,3,6H2,1-2H3,(H,12,15). The van der Waals surface area contributed by atoms with E-state index in [4.69, 9.17) is 11.6 Å². The van der Waals surface area contributed by atoms with Gasteiger partial charge in [0.2, 0.25) is 11.8 Å². The predicted molar refractivity (Wildman–Crippen MR) is 60.3 cm³/mol. The lowest BCUT2D eigenvalue weighted by molar-refractivity contribution is -0.129. The van der Waals surface area contributed by atoms with E-state index >= 15 is 0 Å². The first-order valence-corrected chi connectivity index (χ1v) is 5.15. The van der Waals surface area contributed by atoms with Gasteiger partial charge in [-0.05, 0) is 0 Å². The Morgan fingerprint density at radius 3 is 2.81 bits per heavy atom. The van der Waals surface area contributed by atoms with Crippen LogP contribution >= 0.6 is 11.6 Å². The van der Waals surface area contributed by atoms with Crippen LogP contribution in [-0.4, -0.2) is 46.5 Å². The molecule has 0 saturated carbocycles. The molecule has 1 N–H and O–H groups in total. The van der Waals surface area contributed by atoms with Gasteiger partial charge in [-0.2, -0.15) is 5.10 Å². The van der Waals surface area contributed by atoms with Gasteiger partial charge in [0, 0.05) is 20.3 Å². The lowest BCUT2D eigenvalue weighted by atomic mass is 10.5. The third-order valence-corrected chi connectivity index (χ3v) is 2.08. The minimum atomic E-state index is -0.305. The number of nitrogens with zero attached hydrogens (tertiary/aromatic N) is 3. The Bertz CT molecular complexity index is 389. The minimum Gasteiger partial charge on any atom is -0.347 e. The molecule has 1 rings (SSSR count). The fourth-order valence-electron chi connectivity index (χ4n) is 0.989. The average molecular weight is 245 g/mol. The molecule has 0 spiro atoms. The van der Waals surface area contributed by atoms with Crippen LogP contribution in [0.4, 0.5) is 5.69 Å². The van der Waals surface area contributed by atoms with Gasteiger partial charge >= 0.3 is 0 Å². The van der Waals surface area contributed by atoms with Gasteiger partial charge in [0.15, 0.2) is 0 Å². The van der Waals surface area contributed by atoms with Crippen LogP contribution in [0.5, 0.6) is 0 Å². The summed E-state index contributed by atoms with van der Waals surface area (Å²) in [4.78, 5) is 23.8. The van der Waals surface area contributed by atoms with E-state index in [2.05, 4.69) is 10.4 Å². The summed E-state index contributed by atoms with van der Waals surface area (Å²) in [5.74, 6) is -0.486. The molecule has 0 fully saturated rings. The summed E-state index contributed by atoms with van der Waals surface area (Å²) in [6, 6.07) is 0. The SMILES string of the molecule is CN(C)C(=O)Cn1cc(NC(=O)CCl)cn1. The highest BCUT2D eigenvalue weighted by Crippen LogP contribution is 2.04. The summed E-state index contributed by atoms with van der Waals surface area (Å²) in [6.45, 7) is 0.143. The van der Waals surface area contributed by atoms with Crippen molar-refractivity contribution in [1.82, 2.24) is 14.7 Å². The van der Waals surface area contributed by atoms with Crippen molar-refractivity contribution < 1.29 is 9.59 Å². The molecule has 1 heterocycles. The van der Waals surface area contributed by atoms with Gasteiger partial charge < -0.3 is 10.2 Å². The molecule has 1 aromatic heterocycles. The lowest BCUT2D eigenvalue weighted by Gasteiger charge is -2.09. The smallest absolute Gasteiger partial charge is 0.243 e. The fourth-order valence-corrected chi connectivity index (χ4v) is 1.06. The lowest BCUT2D eigenvalue weighted by Crippen LogP contribution is -2.26.